The average Bonchev–Trinajstić information content (AvgIpc) is 3.16. The van der Waals surface area contributed by atoms with Crippen LogP contribution in [0.3, 0.4) is 0 Å². The number of halogens is 1. The van der Waals surface area contributed by atoms with Gasteiger partial charge >= 0.3 is 6.03 Å². The van der Waals surface area contributed by atoms with E-state index in [1.54, 1.807) is 34.9 Å². The van der Waals surface area contributed by atoms with Gasteiger partial charge in [0.05, 0.1) is 6.54 Å². The van der Waals surface area contributed by atoms with Crippen molar-refractivity contribution in [3.63, 3.8) is 0 Å². The van der Waals surface area contributed by atoms with Crippen LogP contribution >= 0.6 is 11.8 Å². The number of hydrogen-bond donors (Lipinski definition) is 1. The molecule has 0 aliphatic rings. The summed E-state index contributed by atoms with van der Waals surface area (Å²) >= 11 is 1.66. The molecule has 0 aliphatic heterocycles. The number of carbonyl (C=O) groups is 1. The van der Waals surface area contributed by atoms with Crippen LogP contribution in [0.15, 0.2) is 84.4 Å². The summed E-state index contributed by atoms with van der Waals surface area (Å²) in [5.41, 5.74) is 2.74. The first-order valence-corrected chi connectivity index (χ1v) is 10.5. The molecule has 0 bridgehead atoms. The zero-order valence-electron chi connectivity index (χ0n) is 16.3. The number of hydrogen-bond acceptors (Lipinski definition) is 2. The zero-order chi connectivity index (χ0) is 20.6. The van der Waals surface area contributed by atoms with E-state index in [1.807, 2.05) is 48.9 Å². The minimum atomic E-state index is -0.249. The van der Waals surface area contributed by atoms with Crippen LogP contribution < -0.4 is 5.32 Å². The van der Waals surface area contributed by atoms with Gasteiger partial charge in [0.1, 0.15) is 5.82 Å². The van der Waals surface area contributed by atoms with Crippen molar-refractivity contribution in [1.29, 1.82) is 0 Å². The molecule has 2 aromatic carbocycles. The van der Waals surface area contributed by atoms with Gasteiger partial charge in [0, 0.05) is 35.6 Å². The van der Waals surface area contributed by atoms with Gasteiger partial charge in [-0.25, -0.2) is 9.18 Å². The number of benzene rings is 2. The summed E-state index contributed by atoms with van der Waals surface area (Å²) in [4.78, 5) is 15.6. The summed E-state index contributed by atoms with van der Waals surface area (Å²) in [6.45, 7) is 5.25. The van der Waals surface area contributed by atoms with Crippen LogP contribution in [0, 0.1) is 5.82 Å². The highest BCUT2D eigenvalue weighted by Gasteiger charge is 2.15. The first-order valence-electron chi connectivity index (χ1n) is 9.28. The number of carbonyl (C=O) groups excluding carboxylic acids is 1. The third kappa shape index (κ3) is 5.74. The van der Waals surface area contributed by atoms with Crippen molar-refractivity contribution in [2.45, 2.75) is 18.0 Å². The summed E-state index contributed by atoms with van der Waals surface area (Å²) < 4.78 is 15.2. The molecule has 150 valence electrons. The normalized spacial score (nSPS) is 10.6. The van der Waals surface area contributed by atoms with Crippen molar-refractivity contribution in [2.75, 3.05) is 18.1 Å². The van der Waals surface area contributed by atoms with Crippen molar-refractivity contribution < 1.29 is 9.18 Å². The number of nitrogens with one attached hydrogen (secondary N) is 1. The molecular formula is C23H24FN3OS. The fourth-order valence-electron chi connectivity index (χ4n) is 2.98. The Kier molecular flexibility index (Phi) is 7.14. The maximum Gasteiger partial charge on any atom is 0.322 e. The summed E-state index contributed by atoms with van der Waals surface area (Å²) in [7, 11) is 0. The summed E-state index contributed by atoms with van der Waals surface area (Å²) in [5.74, 6) is -0.249. The van der Waals surface area contributed by atoms with Gasteiger partial charge in [0.2, 0.25) is 0 Å². The maximum absolute atomic E-state index is 13.1. The lowest BCUT2D eigenvalue weighted by Gasteiger charge is -2.23. The molecule has 1 heterocycles. The molecule has 1 N–H and O–H groups in total. The molecule has 1 aromatic heterocycles. The van der Waals surface area contributed by atoms with Crippen LogP contribution in [0.25, 0.3) is 0 Å². The lowest BCUT2D eigenvalue weighted by Crippen LogP contribution is -2.35. The third-order valence-corrected chi connectivity index (χ3v) is 5.26. The zero-order valence-corrected chi connectivity index (χ0v) is 17.2. The van der Waals surface area contributed by atoms with Gasteiger partial charge in [-0.1, -0.05) is 18.2 Å². The molecule has 0 fully saturated rings. The molecular weight excluding hydrogens is 385 g/mol. The second kappa shape index (κ2) is 9.98. The third-order valence-electron chi connectivity index (χ3n) is 4.52. The van der Waals surface area contributed by atoms with E-state index in [9.17, 15) is 9.18 Å². The van der Waals surface area contributed by atoms with Crippen LogP contribution in [0.4, 0.5) is 14.9 Å². The predicted molar refractivity (Wildman–Crippen MR) is 118 cm³/mol. The standard InChI is InChI=1S/C23H24FN3OS/c1-3-14-27(23(28)25-20-10-12-22(29-2)13-11-20)17-21-5-4-15-26(21)16-18-6-8-19(24)9-7-18/h3-13,15H,1,14,16-17H2,2H3,(H,25,28). The molecule has 0 saturated heterocycles. The Labute approximate surface area is 175 Å². The lowest BCUT2D eigenvalue weighted by molar-refractivity contribution is 0.214. The Morgan fingerprint density at radius 2 is 1.90 bits per heavy atom. The fourth-order valence-corrected chi connectivity index (χ4v) is 3.39. The monoisotopic (exact) mass is 409 g/mol. The predicted octanol–water partition coefficient (Wildman–Crippen LogP) is 5.62. The molecule has 0 saturated carbocycles. The van der Waals surface area contributed by atoms with E-state index in [2.05, 4.69) is 16.5 Å². The second-order valence-corrected chi connectivity index (χ2v) is 7.46. The van der Waals surface area contributed by atoms with Gasteiger partial charge in [0.25, 0.3) is 0 Å². The number of nitrogens with zero attached hydrogens (tertiary/aromatic N) is 2. The van der Waals surface area contributed by atoms with Crippen molar-refractivity contribution in [2.24, 2.45) is 0 Å². The number of thioether (sulfide) groups is 1. The molecule has 0 radical (unpaired) electrons. The fraction of sp³-hybridized carbons (Fsp3) is 0.174. The quantitative estimate of drug-likeness (QED) is 0.387. The molecule has 3 aromatic rings. The van der Waals surface area contributed by atoms with Crippen molar-refractivity contribution in [3.05, 3.63) is 96.6 Å². The van der Waals surface area contributed by atoms with Crippen LogP contribution in [-0.2, 0) is 13.1 Å². The smallest absolute Gasteiger partial charge is 0.322 e. The van der Waals surface area contributed by atoms with E-state index in [0.717, 1.165) is 21.8 Å². The maximum atomic E-state index is 13.1. The van der Waals surface area contributed by atoms with Crippen LogP contribution in [-0.4, -0.2) is 28.3 Å². The highest BCUT2D eigenvalue weighted by atomic mass is 32.2. The molecule has 2 amide bonds. The van der Waals surface area contributed by atoms with Gasteiger partial charge in [-0.15, -0.1) is 18.3 Å². The Bertz CT molecular complexity index is 951. The Hall–Kier alpha value is -2.99. The van der Waals surface area contributed by atoms with Gasteiger partial charge in [-0.05, 0) is 60.4 Å². The van der Waals surface area contributed by atoms with Gasteiger partial charge < -0.3 is 14.8 Å². The first-order chi connectivity index (χ1) is 14.1. The van der Waals surface area contributed by atoms with Gasteiger partial charge in [0.15, 0.2) is 0 Å². The molecule has 4 nitrogen and oxygen atoms in total. The lowest BCUT2D eigenvalue weighted by atomic mass is 10.2. The van der Waals surface area contributed by atoms with Gasteiger partial charge in [-0.2, -0.15) is 0 Å². The summed E-state index contributed by atoms with van der Waals surface area (Å²) in [6, 6.07) is 18.0. The SMILES string of the molecule is C=CCN(Cc1cccn1Cc1ccc(F)cc1)C(=O)Nc1ccc(SC)cc1. The number of amides is 2. The van der Waals surface area contributed by atoms with Crippen molar-refractivity contribution >= 4 is 23.5 Å². The minimum Gasteiger partial charge on any atom is -0.345 e. The average molecular weight is 410 g/mol. The second-order valence-electron chi connectivity index (χ2n) is 6.58. The molecule has 3 rings (SSSR count). The van der Waals surface area contributed by atoms with Crippen LogP contribution in [0.5, 0.6) is 0 Å². The van der Waals surface area contributed by atoms with E-state index >= 15 is 0 Å². The van der Waals surface area contributed by atoms with Crippen LogP contribution in [0.2, 0.25) is 0 Å². The van der Waals surface area contributed by atoms with Gasteiger partial charge in [-0.3, -0.25) is 0 Å². The summed E-state index contributed by atoms with van der Waals surface area (Å²) in [6.07, 6.45) is 5.69. The molecule has 0 aliphatic carbocycles. The van der Waals surface area contributed by atoms with Crippen LogP contribution in [0.1, 0.15) is 11.3 Å². The summed E-state index contributed by atoms with van der Waals surface area (Å²) in [5, 5.41) is 2.94. The van der Waals surface area contributed by atoms with E-state index in [4.69, 9.17) is 0 Å². The molecule has 0 spiro atoms. The number of aromatic nitrogens is 1. The Balaban J connectivity index is 1.69. The largest absolute Gasteiger partial charge is 0.345 e. The highest BCUT2D eigenvalue weighted by Crippen LogP contribution is 2.18. The Morgan fingerprint density at radius 3 is 2.55 bits per heavy atom. The highest BCUT2D eigenvalue weighted by molar-refractivity contribution is 7.98. The van der Waals surface area contributed by atoms with E-state index in [0.29, 0.717) is 19.6 Å². The number of rotatable bonds is 8. The van der Waals surface area contributed by atoms with Crippen molar-refractivity contribution in [1.82, 2.24) is 9.47 Å². The molecule has 6 heteroatoms. The van der Waals surface area contributed by atoms with E-state index in [-0.39, 0.29) is 11.8 Å². The molecule has 29 heavy (non-hydrogen) atoms. The minimum absolute atomic E-state index is 0.184. The number of urea groups is 1. The number of anilines is 1. The van der Waals surface area contributed by atoms with Crippen molar-refractivity contribution in [3.8, 4) is 0 Å². The topological polar surface area (TPSA) is 37.3 Å². The molecule has 0 atom stereocenters. The molecule has 0 unspecified atom stereocenters. The van der Waals surface area contributed by atoms with E-state index in [1.165, 1.54) is 12.1 Å². The van der Waals surface area contributed by atoms with E-state index < -0.39 is 0 Å². The first kappa shape index (κ1) is 20.7. The Morgan fingerprint density at radius 1 is 1.17 bits per heavy atom.